The van der Waals surface area contributed by atoms with Gasteiger partial charge in [-0.05, 0) is 38.1 Å². The number of nitrogens with zero attached hydrogens (tertiary/aromatic N) is 7. The zero-order chi connectivity index (χ0) is 22.1. The van der Waals surface area contributed by atoms with E-state index in [1.54, 1.807) is 13.1 Å². The van der Waals surface area contributed by atoms with Gasteiger partial charge in [0.1, 0.15) is 11.3 Å². The number of likely N-dealkylation sites (N-methyl/N-ethyl adjacent to an activating group) is 1. The Morgan fingerprint density at radius 3 is 2.50 bits per heavy atom. The highest BCUT2D eigenvalue weighted by atomic mass is 16.3. The van der Waals surface area contributed by atoms with Gasteiger partial charge < -0.3 is 20.2 Å². The Labute approximate surface area is 188 Å². The summed E-state index contributed by atoms with van der Waals surface area (Å²) >= 11 is 0. The Balaban J connectivity index is 1.33. The van der Waals surface area contributed by atoms with Gasteiger partial charge in [0.25, 0.3) is 0 Å². The molecule has 2 aliphatic heterocycles. The molecule has 3 aromatic heterocycles. The summed E-state index contributed by atoms with van der Waals surface area (Å²) in [7, 11) is 2.17. The summed E-state index contributed by atoms with van der Waals surface area (Å²) < 4.78 is 0. The Morgan fingerprint density at radius 1 is 1.03 bits per heavy atom. The summed E-state index contributed by atoms with van der Waals surface area (Å²) in [4.78, 5) is 25.5. The number of hydrogen-bond donors (Lipinski definition) is 2. The fraction of sp³-hybridized carbons (Fsp3) is 0.478. The average molecular weight is 435 g/mol. The predicted octanol–water partition coefficient (Wildman–Crippen LogP) is 2.17. The van der Waals surface area contributed by atoms with Crippen molar-refractivity contribution >= 4 is 28.5 Å². The van der Waals surface area contributed by atoms with E-state index in [1.807, 2.05) is 18.3 Å². The van der Waals surface area contributed by atoms with Crippen LogP contribution in [-0.2, 0) is 6.54 Å². The maximum absolute atomic E-state index is 10.0. The van der Waals surface area contributed by atoms with Crippen molar-refractivity contribution < 1.29 is 5.11 Å². The summed E-state index contributed by atoms with van der Waals surface area (Å²) in [6.45, 7) is 8.95. The third-order valence-corrected chi connectivity index (χ3v) is 6.22. The molecule has 168 valence electrons. The molecule has 0 unspecified atom stereocenters. The first-order valence-corrected chi connectivity index (χ1v) is 11.3. The zero-order valence-electron chi connectivity index (χ0n) is 18.7. The van der Waals surface area contributed by atoms with Crippen LogP contribution in [0.3, 0.4) is 0 Å². The van der Waals surface area contributed by atoms with Crippen molar-refractivity contribution in [2.75, 3.05) is 56.5 Å². The minimum atomic E-state index is -0.634. The van der Waals surface area contributed by atoms with Crippen molar-refractivity contribution in [1.29, 1.82) is 0 Å². The monoisotopic (exact) mass is 434 g/mol. The second-order valence-corrected chi connectivity index (χ2v) is 8.77. The first-order valence-electron chi connectivity index (χ1n) is 11.3. The smallest absolute Gasteiger partial charge is 0.229 e. The number of fused-ring (bicyclic) bond motifs is 1. The van der Waals surface area contributed by atoms with Crippen LogP contribution in [0.2, 0.25) is 0 Å². The van der Waals surface area contributed by atoms with Crippen LogP contribution in [0.5, 0.6) is 0 Å². The Morgan fingerprint density at radius 2 is 1.84 bits per heavy atom. The van der Waals surface area contributed by atoms with Crippen LogP contribution >= 0.6 is 0 Å². The molecule has 2 aliphatic rings. The van der Waals surface area contributed by atoms with Gasteiger partial charge in [-0.15, -0.1) is 0 Å². The van der Waals surface area contributed by atoms with Crippen LogP contribution in [0.4, 0.5) is 17.6 Å². The summed E-state index contributed by atoms with van der Waals surface area (Å²) in [6.07, 6.45) is 4.21. The van der Waals surface area contributed by atoms with Crippen LogP contribution in [0.15, 0.2) is 30.6 Å². The van der Waals surface area contributed by atoms with Crippen LogP contribution in [0.1, 0.15) is 30.7 Å². The summed E-state index contributed by atoms with van der Waals surface area (Å²) in [6, 6.07) is 5.94. The fourth-order valence-electron chi connectivity index (χ4n) is 4.04. The molecule has 0 spiro atoms. The number of anilines is 3. The molecule has 9 nitrogen and oxygen atoms in total. The topological polar surface area (TPSA) is 93.5 Å². The molecule has 3 aromatic rings. The third-order valence-electron chi connectivity index (χ3n) is 6.22. The fourth-order valence-corrected chi connectivity index (χ4v) is 4.04. The number of aliphatic hydroxyl groups excluding tert-OH is 1. The van der Waals surface area contributed by atoms with Crippen molar-refractivity contribution in [2.45, 2.75) is 26.0 Å². The lowest BCUT2D eigenvalue weighted by molar-refractivity contribution is 0.148. The lowest BCUT2D eigenvalue weighted by Gasteiger charge is -2.33. The van der Waals surface area contributed by atoms with E-state index in [4.69, 9.17) is 4.98 Å². The molecule has 0 bridgehead atoms. The largest absolute Gasteiger partial charge is 0.387 e. The standard InChI is InChI=1S/C23H30N8O/c1-16(32)19-12-18-14-25-23(28-21(18)22(26-19)31-6-3-7-31)27-20-5-4-17(13-24-20)15-30-10-8-29(2)9-11-30/h4-5,12-14,16,32H,3,6-11,15H2,1-2H3,(H,24,25,27,28)/t16-/m1/s1. The number of nitrogens with one attached hydrogen (secondary N) is 1. The van der Waals surface area contributed by atoms with Crippen LogP contribution in [0.25, 0.3) is 10.9 Å². The van der Waals surface area contributed by atoms with E-state index in [9.17, 15) is 5.11 Å². The molecule has 0 amide bonds. The molecule has 0 aromatic carbocycles. The minimum Gasteiger partial charge on any atom is -0.387 e. The van der Waals surface area contributed by atoms with Gasteiger partial charge in [-0.2, -0.15) is 0 Å². The second kappa shape index (κ2) is 8.93. The van der Waals surface area contributed by atoms with Crippen LogP contribution < -0.4 is 10.2 Å². The molecule has 0 aliphatic carbocycles. The molecular formula is C23H30N8O. The van der Waals surface area contributed by atoms with Crippen LogP contribution in [0, 0.1) is 0 Å². The van der Waals surface area contributed by atoms with Gasteiger partial charge in [0.05, 0.1) is 11.8 Å². The molecule has 0 saturated carbocycles. The summed E-state index contributed by atoms with van der Waals surface area (Å²) in [5.74, 6) is 2.02. The van der Waals surface area contributed by atoms with Crippen molar-refractivity contribution in [3.63, 3.8) is 0 Å². The van der Waals surface area contributed by atoms with E-state index in [0.717, 1.165) is 69.0 Å². The van der Waals surface area contributed by atoms with Gasteiger partial charge in [-0.3, -0.25) is 4.90 Å². The Hall–Kier alpha value is -2.88. The normalized spacial score (nSPS) is 18.5. The lowest BCUT2D eigenvalue weighted by Crippen LogP contribution is -2.43. The van der Waals surface area contributed by atoms with Gasteiger partial charge in [-0.25, -0.2) is 19.9 Å². The Kier molecular flexibility index (Phi) is 5.86. The van der Waals surface area contributed by atoms with E-state index in [2.05, 4.69) is 48.1 Å². The molecule has 2 saturated heterocycles. The Bertz CT molecular complexity index is 1080. The molecule has 2 N–H and O–H groups in total. The maximum Gasteiger partial charge on any atom is 0.229 e. The molecule has 5 heterocycles. The molecule has 5 rings (SSSR count). The molecule has 32 heavy (non-hydrogen) atoms. The molecule has 0 radical (unpaired) electrons. The SMILES string of the molecule is C[C@@H](O)c1cc2cnc(Nc3ccc(CN4CCN(C)CC4)cn3)nc2c(N2CCC2)n1. The van der Waals surface area contributed by atoms with Crippen molar-refractivity contribution in [2.24, 2.45) is 0 Å². The van der Waals surface area contributed by atoms with Gasteiger partial charge in [0.15, 0.2) is 5.82 Å². The quantitative estimate of drug-likeness (QED) is 0.605. The minimum absolute atomic E-state index is 0.491. The van der Waals surface area contributed by atoms with Crippen LogP contribution in [-0.4, -0.2) is 81.2 Å². The number of rotatable bonds is 6. The highest BCUT2D eigenvalue weighted by molar-refractivity contribution is 5.89. The number of piperazine rings is 1. The molecular weight excluding hydrogens is 404 g/mol. The molecule has 2 fully saturated rings. The van der Waals surface area contributed by atoms with Crippen molar-refractivity contribution in [3.05, 3.63) is 41.9 Å². The van der Waals surface area contributed by atoms with Gasteiger partial charge >= 0.3 is 0 Å². The van der Waals surface area contributed by atoms with E-state index in [0.29, 0.717) is 17.5 Å². The number of aromatic nitrogens is 4. The predicted molar refractivity (Wildman–Crippen MR) is 125 cm³/mol. The average Bonchev–Trinajstić information content (AvgIpc) is 2.75. The van der Waals surface area contributed by atoms with E-state index >= 15 is 0 Å². The highest BCUT2D eigenvalue weighted by Crippen LogP contribution is 2.30. The van der Waals surface area contributed by atoms with Gasteiger partial charge in [-0.1, -0.05) is 6.07 Å². The van der Waals surface area contributed by atoms with Gasteiger partial charge in [0.2, 0.25) is 5.95 Å². The number of aliphatic hydroxyl groups is 1. The maximum atomic E-state index is 10.0. The third kappa shape index (κ3) is 4.50. The summed E-state index contributed by atoms with van der Waals surface area (Å²) in [5.41, 5.74) is 2.63. The van der Waals surface area contributed by atoms with E-state index < -0.39 is 6.10 Å². The second-order valence-electron chi connectivity index (χ2n) is 8.77. The zero-order valence-corrected chi connectivity index (χ0v) is 18.7. The first-order chi connectivity index (χ1) is 15.5. The van der Waals surface area contributed by atoms with E-state index in [-0.39, 0.29) is 0 Å². The summed E-state index contributed by atoms with van der Waals surface area (Å²) in [5, 5.41) is 14.1. The lowest BCUT2D eigenvalue weighted by atomic mass is 10.1. The van der Waals surface area contributed by atoms with Gasteiger partial charge in [0, 0.05) is 63.6 Å². The van der Waals surface area contributed by atoms with Crippen molar-refractivity contribution in [1.82, 2.24) is 29.7 Å². The first kappa shape index (κ1) is 21.0. The number of hydrogen-bond acceptors (Lipinski definition) is 9. The van der Waals surface area contributed by atoms with Crippen molar-refractivity contribution in [3.8, 4) is 0 Å². The highest BCUT2D eigenvalue weighted by Gasteiger charge is 2.22. The molecule has 9 heteroatoms. The number of pyridine rings is 2. The molecule has 1 atom stereocenters. The van der Waals surface area contributed by atoms with E-state index in [1.165, 1.54) is 5.56 Å².